The molecular formula is C13H18BrFN2O. The molecule has 0 bridgehead atoms. The van der Waals surface area contributed by atoms with Gasteiger partial charge in [-0.15, -0.1) is 0 Å². The summed E-state index contributed by atoms with van der Waals surface area (Å²) >= 11 is 3.49. The van der Waals surface area contributed by atoms with E-state index in [0.29, 0.717) is 6.54 Å². The van der Waals surface area contributed by atoms with Crippen molar-refractivity contribution in [2.24, 2.45) is 5.41 Å². The fourth-order valence-corrected chi connectivity index (χ4v) is 2.60. The largest absolute Gasteiger partial charge is 0.350 e. The van der Waals surface area contributed by atoms with Crippen molar-refractivity contribution in [1.29, 1.82) is 0 Å². The third kappa shape index (κ3) is 3.77. The van der Waals surface area contributed by atoms with Crippen LogP contribution in [0.25, 0.3) is 0 Å². The van der Waals surface area contributed by atoms with E-state index in [2.05, 4.69) is 40.1 Å². The van der Waals surface area contributed by atoms with Gasteiger partial charge in [0, 0.05) is 11.9 Å². The molecule has 1 amide bonds. The molecule has 0 atom stereocenters. The minimum atomic E-state index is -0.441. The Morgan fingerprint density at radius 2 is 2.11 bits per heavy atom. The topological polar surface area (TPSA) is 42.0 Å². The van der Waals surface area contributed by atoms with Crippen LogP contribution in [-0.2, 0) is 0 Å². The van der Waals surface area contributed by atoms with E-state index in [1.807, 2.05) is 0 Å². The zero-order valence-electron chi connectivity index (χ0n) is 10.7. The van der Waals surface area contributed by atoms with E-state index >= 15 is 0 Å². The van der Waals surface area contributed by atoms with E-state index in [1.165, 1.54) is 12.1 Å². The van der Waals surface area contributed by atoms with Gasteiger partial charge in [0.25, 0.3) is 5.91 Å². The van der Waals surface area contributed by atoms with Crippen LogP contribution in [0.5, 0.6) is 0 Å². The number of pyridine rings is 1. The Balaban J connectivity index is 2.63. The molecular weight excluding hydrogens is 299 g/mol. The summed E-state index contributed by atoms with van der Waals surface area (Å²) in [5.74, 6) is -0.703. The third-order valence-corrected chi connectivity index (χ3v) is 4.56. The lowest BCUT2D eigenvalue weighted by molar-refractivity contribution is 0.0927. The molecule has 0 unspecified atom stereocenters. The molecule has 0 spiro atoms. The molecule has 3 nitrogen and oxygen atoms in total. The maximum atomic E-state index is 12.7. The first-order valence-corrected chi connectivity index (χ1v) is 7.14. The van der Waals surface area contributed by atoms with E-state index < -0.39 is 5.82 Å². The maximum absolute atomic E-state index is 12.7. The summed E-state index contributed by atoms with van der Waals surface area (Å²) in [6, 6.07) is 2.62. The predicted molar refractivity (Wildman–Crippen MR) is 73.3 cm³/mol. The molecule has 0 fully saturated rings. The lowest BCUT2D eigenvalue weighted by atomic mass is 9.84. The number of rotatable bonds is 6. The molecule has 0 aromatic carbocycles. The van der Waals surface area contributed by atoms with Gasteiger partial charge in [-0.2, -0.15) is 0 Å². The summed E-state index contributed by atoms with van der Waals surface area (Å²) in [5.41, 5.74) is 0.308. The van der Waals surface area contributed by atoms with Crippen LogP contribution in [0.2, 0.25) is 0 Å². The Morgan fingerprint density at radius 3 is 2.56 bits per heavy atom. The van der Waals surface area contributed by atoms with Gasteiger partial charge in [-0.25, -0.2) is 9.37 Å². The van der Waals surface area contributed by atoms with Gasteiger partial charge < -0.3 is 5.32 Å². The van der Waals surface area contributed by atoms with Crippen molar-refractivity contribution in [3.8, 4) is 0 Å². The predicted octanol–water partition coefficient (Wildman–Crippen LogP) is 3.15. The Kier molecular flexibility index (Phi) is 5.72. The number of alkyl halides is 1. The summed E-state index contributed by atoms with van der Waals surface area (Å²) in [4.78, 5) is 15.6. The van der Waals surface area contributed by atoms with Gasteiger partial charge in [-0.3, -0.25) is 4.79 Å². The second-order valence-electron chi connectivity index (χ2n) is 4.39. The lowest BCUT2D eigenvalue weighted by Crippen LogP contribution is -2.38. The summed E-state index contributed by atoms with van der Waals surface area (Å²) in [6.45, 7) is 4.79. The maximum Gasteiger partial charge on any atom is 0.269 e. The number of nitrogens with one attached hydrogen (secondary N) is 1. The Labute approximate surface area is 115 Å². The molecule has 1 aromatic rings. The number of carbonyl (C=O) groups is 1. The summed E-state index contributed by atoms with van der Waals surface area (Å²) in [7, 11) is 0. The smallest absolute Gasteiger partial charge is 0.269 e. The zero-order chi connectivity index (χ0) is 13.6. The Bertz CT molecular complexity index is 382. The first kappa shape index (κ1) is 15.1. The second-order valence-corrected chi connectivity index (χ2v) is 4.95. The number of nitrogens with zero attached hydrogens (tertiary/aromatic N) is 1. The van der Waals surface area contributed by atoms with Crippen LogP contribution < -0.4 is 5.32 Å². The van der Waals surface area contributed by atoms with Crippen LogP contribution in [0, 0.1) is 11.2 Å². The van der Waals surface area contributed by atoms with E-state index in [-0.39, 0.29) is 17.0 Å². The quantitative estimate of drug-likeness (QED) is 0.819. The van der Waals surface area contributed by atoms with Gasteiger partial charge in [-0.1, -0.05) is 29.8 Å². The molecule has 0 aliphatic carbocycles. The molecule has 18 heavy (non-hydrogen) atoms. The SMILES string of the molecule is CCC(CC)(CBr)CNC(=O)c1ccc(F)cn1. The van der Waals surface area contributed by atoms with Crippen LogP contribution >= 0.6 is 15.9 Å². The summed E-state index contributed by atoms with van der Waals surface area (Å²) < 4.78 is 12.7. The van der Waals surface area contributed by atoms with E-state index in [9.17, 15) is 9.18 Å². The van der Waals surface area contributed by atoms with Gasteiger partial charge in [0.2, 0.25) is 0 Å². The van der Waals surface area contributed by atoms with Crippen molar-refractivity contribution in [1.82, 2.24) is 10.3 Å². The van der Waals surface area contributed by atoms with Gasteiger partial charge >= 0.3 is 0 Å². The normalized spacial score (nSPS) is 11.3. The average molecular weight is 317 g/mol. The van der Waals surface area contributed by atoms with Crippen molar-refractivity contribution < 1.29 is 9.18 Å². The highest BCUT2D eigenvalue weighted by molar-refractivity contribution is 9.09. The number of carbonyl (C=O) groups excluding carboxylic acids is 1. The van der Waals surface area contributed by atoms with Crippen LogP contribution in [0.3, 0.4) is 0 Å². The highest BCUT2D eigenvalue weighted by atomic mass is 79.9. The van der Waals surface area contributed by atoms with E-state index in [4.69, 9.17) is 0 Å². The molecule has 100 valence electrons. The molecule has 0 saturated heterocycles. The van der Waals surface area contributed by atoms with Gasteiger partial charge in [0.1, 0.15) is 11.5 Å². The number of aromatic nitrogens is 1. The number of hydrogen-bond donors (Lipinski definition) is 1. The highest BCUT2D eigenvalue weighted by Crippen LogP contribution is 2.27. The monoisotopic (exact) mass is 316 g/mol. The van der Waals surface area contributed by atoms with Crippen molar-refractivity contribution >= 4 is 21.8 Å². The molecule has 1 aromatic heterocycles. The minimum absolute atomic E-state index is 0.0652. The molecule has 5 heteroatoms. The van der Waals surface area contributed by atoms with Gasteiger partial charge in [0.05, 0.1) is 6.20 Å². The van der Waals surface area contributed by atoms with Crippen molar-refractivity contribution in [3.05, 3.63) is 29.8 Å². The molecule has 0 saturated carbocycles. The standard InChI is InChI=1S/C13H18BrFN2O/c1-3-13(4-2,8-14)9-17-12(18)11-6-5-10(15)7-16-11/h5-7H,3-4,8-9H2,1-2H3,(H,17,18). The number of amides is 1. The van der Waals surface area contributed by atoms with Gasteiger partial charge in [0.15, 0.2) is 0 Å². The Hall–Kier alpha value is -0.970. The van der Waals surface area contributed by atoms with Crippen LogP contribution in [0.15, 0.2) is 18.3 Å². The summed E-state index contributed by atoms with van der Waals surface area (Å²) in [5, 5.41) is 3.70. The van der Waals surface area contributed by atoms with Crippen molar-refractivity contribution in [3.63, 3.8) is 0 Å². The zero-order valence-corrected chi connectivity index (χ0v) is 12.3. The molecule has 1 heterocycles. The second kappa shape index (κ2) is 6.83. The highest BCUT2D eigenvalue weighted by Gasteiger charge is 2.25. The first-order chi connectivity index (χ1) is 8.56. The molecule has 1 rings (SSSR count). The van der Waals surface area contributed by atoms with Crippen LogP contribution in [0.1, 0.15) is 37.2 Å². The van der Waals surface area contributed by atoms with Gasteiger partial charge in [-0.05, 0) is 30.4 Å². The van der Waals surface area contributed by atoms with Crippen molar-refractivity contribution in [2.75, 3.05) is 11.9 Å². The van der Waals surface area contributed by atoms with Crippen molar-refractivity contribution in [2.45, 2.75) is 26.7 Å². The molecule has 0 aliphatic heterocycles. The third-order valence-electron chi connectivity index (χ3n) is 3.37. The summed E-state index contributed by atoms with van der Waals surface area (Å²) in [6.07, 6.45) is 3.00. The van der Waals surface area contributed by atoms with E-state index in [1.54, 1.807) is 0 Å². The number of halogens is 2. The van der Waals surface area contributed by atoms with Crippen LogP contribution in [0.4, 0.5) is 4.39 Å². The van der Waals surface area contributed by atoms with Crippen LogP contribution in [-0.4, -0.2) is 22.8 Å². The fraction of sp³-hybridized carbons (Fsp3) is 0.538. The minimum Gasteiger partial charge on any atom is -0.350 e. The van der Waals surface area contributed by atoms with E-state index in [0.717, 1.165) is 24.4 Å². The first-order valence-electron chi connectivity index (χ1n) is 6.02. The molecule has 1 N–H and O–H groups in total. The fourth-order valence-electron chi connectivity index (χ4n) is 1.60. The average Bonchev–Trinajstić information content (AvgIpc) is 2.41. The molecule has 0 radical (unpaired) electrons. The molecule has 0 aliphatic rings. The lowest BCUT2D eigenvalue weighted by Gasteiger charge is -2.29. The Morgan fingerprint density at radius 1 is 1.44 bits per heavy atom. The number of hydrogen-bond acceptors (Lipinski definition) is 2.